The summed E-state index contributed by atoms with van der Waals surface area (Å²) in [5.74, 6) is 1.17. The van der Waals surface area contributed by atoms with E-state index < -0.39 is 5.60 Å². The molecule has 3 rings (SSSR count). The van der Waals surface area contributed by atoms with E-state index in [-0.39, 0.29) is 11.7 Å². The van der Waals surface area contributed by atoms with Crippen LogP contribution in [0, 0.1) is 6.92 Å². The molecule has 1 amide bonds. The third kappa shape index (κ3) is 9.23. The zero-order chi connectivity index (χ0) is 25.6. The predicted molar refractivity (Wildman–Crippen MR) is 149 cm³/mol. The van der Waals surface area contributed by atoms with Gasteiger partial charge in [0.05, 0.1) is 12.0 Å². The van der Waals surface area contributed by atoms with Gasteiger partial charge in [0.15, 0.2) is 5.78 Å². The summed E-state index contributed by atoms with van der Waals surface area (Å²) >= 11 is 0. The van der Waals surface area contributed by atoms with E-state index in [1.54, 1.807) is 0 Å². The molecular formula is C32H51NO3. The molecule has 2 heterocycles. The van der Waals surface area contributed by atoms with Gasteiger partial charge >= 0.3 is 0 Å². The van der Waals surface area contributed by atoms with Crippen LogP contribution in [0.25, 0.3) is 0 Å². The summed E-state index contributed by atoms with van der Waals surface area (Å²) in [4.78, 5) is 27.4. The number of fused-ring (bicyclic) bond motifs is 1. The van der Waals surface area contributed by atoms with Crippen LogP contribution in [0.4, 0.5) is 0 Å². The van der Waals surface area contributed by atoms with Crippen molar-refractivity contribution in [3.8, 4) is 5.75 Å². The van der Waals surface area contributed by atoms with Crippen LogP contribution in [0.2, 0.25) is 0 Å². The standard InChI is InChI=1S/C32H51NO3/c1-3-4-5-6-7-8-9-10-11-12-13-14-15-16-17-18-31(35)33-23-21-32(22-24-33)26-29(34)28-25-27(2)19-20-30(28)36-32/h19-20,25H,3-18,21-24,26H2,1-2H3. The smallest absolute Gasteiger partial charge is 0.222 e. The number of unbranched alkanes of at least 4 members (excludes halogenated alkanes) is 14. The second kappa shape index (κ2) is 15.4. The number of piperidine rings is 1. The Kier molecular flexibility index (Phi) is 12.3. The minimum atomic E-state index is -0.426. The normalized spacial score (nSPS) is 16.7. The first-order chi connectivity index (χ1) is 17.5. The molecule has 2 aliphatic rings. The van der Waals surface area contributed by atoms with Crippen molar-refractivity contribution in [3.63, 3.8) is 0 Å². The van der Waals surface area contributed by atoms with Gasteiger partial charge in [0.1, 0.15) is 11.4 Å². The first-order valence-corrected chi connectivity index (χ1v) is 15.1. The van der Waals surface area contributed by atoms with Crippen LogP contribution in [0.5, 0.6) is 5.75 Å². The van der Waals surface area contributed by atoms with E-state index in [1.807, 2.05) is 30.0 Å². The van der Waals surface area contributed by atoms with Crippen molar-refractivity contribution in [1.82, 2.24) is 4.90 Å². The third-order valence-corrected chi connectivity index (χ3v) is 8.27. The molecule has 36 heavy (non-hydrogen) atoms. The number of carbonyl (C=O) groups is 2. The Labute approximate surface area is 220 Å². The molecule has 1 aromatic carbocycles. The highest BCUT2D eigenvalue weighted by Gasteiger charge is 2.43. The van der Waals surface area contributed by atoms with Crippen LogP contribution in [0.1, 0.15) is 145 Å². The van der Waals surface area contributed by atoms with Gasteiger partial charge in [-0.2, -0.15) is 0 Å². The Hall–Kier alpha value is -1.84. The van der Waals surface area contributed by atoms with Crippen molar-refractivity contribution in [3.05, 3.63) is 29.3 Å². The Morgan fingerprint density at radius 1 is 0.833 bits per heavy atom. The molecule has 1 spiro atoms. The monoisotopic (exact) mass is 497 g/mol. The van der Waals surface area contributed by atoms with Crippen molar-refractivity contribution < 1.29 is 14.3 Å². The molecule has 2 aliphatic heterocycles. The van der Waals surface area contributed by atoms with Crippen molar-refractivity contribution in [1.29, 1.82) is 0 Å². The molecule has 1 fully saturated rings. The number of aryl methyl sites for hydroxylation is 1. The molecule has 0 N–H and O–H groups in total. The van der Waals surface area contributed by atoms with Crippen LogP contribution in [0.15, 0.2) is 18.2 Å². The van der Waals surface area contributed by atoms with E-state index in [9.17, 15) is 9.59 Å². The molecule has 0 radical (unpaired) electrons. The lowest BCUT2D eigenvalue weighted by molar-refractivity contribution is -0.134. The van der Waals surface area contributed by atoms with Crippen LogP contribution >= 0.6 is 0 Å². The number of hydrogen-bond acceptors (Lipinski definition) is 3. The number of Topliss-reactive ketones (excluding diaryl/α,β-unsaturated/α-hetero) is 1. The number of rotatable bonds is 16. The molecule has 202 valence electrons. The largest absolute Gasteiger partial charge is 0.486 e. The molecule has 4 nitrogen and oxygen atoms in total. The molecule has 0 atom stereocenters. The molecule has 0 bridgehead atoms. The average Bonchev–Trinajstić information content (AvgIpc) is 2.87. The molecular weight excluding hydrogens is 446 g/mol. The van der Waals surface area contributed by atoms with E-state index in [1.165, 1.54) is 83.5 Å². The fourth-order valence-electron chi connectivity index (χ4n) is 5.86. The molecule has 4 heteroatoms. The highest BCUT2D eigenvalue weighted by atomic mass is 16.5. The van der Waals surface area contributed by atoms with Crippen LogP contribution < -0.4 is 4.74 Å². The topological polar surface area (TPSA) is 46.6 Å². The summed E-state index contributed by atoms with van der Waals surface area (Å²) in [6.07, 6.45) is 22.7. The number of carbonyl (C=O) groups excluding carboxylic acids is 2. The first kappa shape index (κ1) is 28.7. The first-order valence-electron chi connectivity index (χ1n) is 15.1. The minimum Gasteiger partial charge on any atom is -0.486 e. The third-order valence-electron chi connectivity index (χ3n) is 8.27. The summed E-state index contributed by atoms with van der Waals surface area (Å²) in [6.45, 7) is 5.68. The van der Waals surface area contributed by atoms with Crippen LogP contribution in [0.3, 0.4) is 0 Å². The van der Waals surface area contributed by atoms with Gasteiger partial charge in [0, 0.05) is 32.4 Å². The van der Waals surface area contributed by atoms with Crippen LogP contribution in [-0.4, -0.2) is 35.3 Å². The highest BCUT2D eigenvalue weighted by Crippen LogP contribution is 2.39. The summed E-state index contributed by atoms with van der Waals surface area (Å²) in [6, 6.07) is 5.86. The van der Waals surface area contributed by atoms with E-state index in [2.05, 4.69) is 6.92 Å². The van der Waals surface area contributed by atoms with Crippen molar-refractivity contribution >= 4 is 11.7 Å². The van der Waals surface area contributed by atoms with E-state index in [4.69, 9.17) is 4.74 Å². The molecule has 1 saturated heterocycles. The Bertz CT molecular complexity index is 810. The summed E-state index contributed by atoms with van der Waals surface area (Å²) in [5, 5.41) is 0. The van der Waals surface area contributed by atoms with Crippen LogP contribution in [-0.2, 0) is 4.79 Å². The Balaban J connectivity index is 1.19. The maximum Gasteiger partial charge on any atom is 0.222 e. The SMILES string of the molecule is CCCCCCCCCCCCCCCCCC(=O)N1CCC2(CC1)CC(=O)c1cc(C)ccc1O2. The summed E-state index contributed by atoms with van der Waals surface area (Å²) in [7, 11) is 0. The number of nitrogens with zero attached hydrogens (tertiary/aromatic N) is 1. The summed E-state index contributed by atoms with van der Waals surface area (Å²) in [5.41, 5.74) is 1.37. The number of ketones is 1. The van der Waals surface area contributed by atoms with E-state index >= 15 is 0 Å². The molecule has 1 aromatic rings. The minimum absolute atomic E-state index is 0.178. The lowest BCUT2D eigenvalue weighted by Crippen LogP contribution is -2.52. The molecule has 0 unspecified atom stereocenters. The lowest BCUT2D eigenvalue weighted by Gasteiger charge is -2.44. The quantitative estimate of drug-likeness (QED) is 0.215. The second-order valence-corrected chi connectivity index (χ2v) is 11.5. The van der Waals surface area contributed by atoms with Gasteiger partial charge in [0.25, 0.3) is 0 Å². The van der Waals surface area contributed by atoms with Crippen molar-refractivity contribution in [2.45, 2.75) is 141 Å². The van der Waals surface area contributed by atoms with Gasteiger partial charge in [-0.25, -0.2) is 0 Å². The van der Waals surface area contributed by atoms with Gasteiger partial charge in [-0.3, -0.25) is 9.59 Å². The zero-order valence-corrected chi connectivity index (χ0v) is 23.3. The van der Waals surface area contributed by atoms with Crippen molar-refractivity contribution in [2.24, 2.45) is 0 Å². The highest BCUT2D eigenvalue weighted by molar-refractivity contribution is 6.00. The molecule has 0 saturated carbocycles. The second-order valence-electron chi connectivity index (χ2n) is 11.5. The Morgan fingerprint density at radius 3 is 1.92 bits per heavy atom. The fourth-order valence-corrected chi connectivity index (χ4v) is 5.86. The van der Waals surface area contributed by atoms with Gasteiger partial charge in [-0.1, -0.05) is 108 Å². The number of hydrogen-bond donors (Lipinski definition) is 0. The maximum absolute atomic E-state index is 12.7. The van der Waals surface area contributed by atoms with E-state index in [0.29, 0.717) is 31.5 Å². The van der Waals surface area contributed by atoms with Gasteiger partial charge in [-0.05, 0) is 25.5 Å². The average molecular weight is 498 g/mol. The Morgan fingerprint density at radius 2 is 1.36 bits per heavy atom. The summed E-state index contributed by atoms with van der Waals surface area (Å²) < 4.78 is 6.35. The number of amides is 1. The van der Waals surface area contributed by atoms with Gasteiger partial charge in [0.2, 0.25) is 5.91 Å². The number of ether oxygens (including phenoxy) is 1. The lowest BCUT2D eigenvalue weighted by atomic mass is 9.82. The zero-order valence-electron chi connectivity index (χ0n) is 23.3. The number of likely N-dealkylation sites (tertiary alicyclic amines) is 1. The van der Waals surface area contributed by atoms with Gasteiger partial charge in [-0.15, -0.1) is 0 Å². The predicted octanol–water partition coefficient (Wildman–Crippen LogP) is 8.58. The molecule has 0 aliphatic carbocycles. The van der Waals surface area contributed by atoms with Gasteiger partial charge < -0.3 is 9.64 Å². The van der Waals surface area contributed by atoms with Crippen molar-refractivity contribution in [2.75, 3.05) is 13.1 Å². The number of benzene rings is 1. The van der Waals surface area contributed by atoms with E-state index in [0.717, 1.165) is 37.0 Å². The molecule has 0 aromatic heterocycles. The fraction of sp³-hybridized carbons (Fsp3) is 0.750. The maximum atomic E-state index is 12.7.